The zero-order chi connectivity index (χ0) is 18.9. The largest absolute Gasteiger partial charge is 0.341 e. The van der Waals surface area contributed by atoms with E-state index in [1.54, 1.807) is 0 Å². The van der Waals surface area contributed by atoms with Gasteiger partial charge in [0.05, 0.1) is 0 Å². The summed E-state index contributed by atoms with van der Waals surface area (Å²) in [7, 11) is 2.24. The molecule has 1 aromatic rings. The Morgan fingerprint density at radius 1 is 1.04 bits per heavy atom. The predicted octanol–water partition coefficient (Wildman–Crippen LogP) is 4.65. The van der Waals surface area contributed by atoms with Crippen LogP contribution in [0.2, 0.25) is 0 Å². The highest BCUT2D eigenvalue weighted by Crippen LogP contribution is 2.26. The van der Waals surface area contributed by atoms with Gasteiger partial charge in [-0.2, -0.15) is 0 Å². The van der Waals surface area contributed by atoms with E-state index in [9.17, 15) is 0 Å². The smallest absolute Gasteiger partial charge is 0.225 e. The lowest BCUT2D eigenvalue weighted by Gasteiger charge is -2.33. The Bertz CT molecular complexity index is 489. The molecule has 0 amide bonds. The Labute approximate surface area is 161 Å². The molecule has 2 rings (SSSR count). The van der Waals surface area contributed by atoms with Crippen molar-refractivity contribution in [2.75, 3.05) is 38.1 Å². The van der Waals surface area contributed by atoms with Crippen LogP contribution >= 0.6 is 0 Å². The van der Waals surface area contributed by atoms with E-state index in [0.717, 1.165) is 49.8 Å². The summed E-state index contributed by atoms with van der Waals surface area (Å²) >= 11 is 0. The maximum atomic E-state index is 4.64. The van der Waals surface area contributed by atoms with E-state index in [-0.39, 0.29) is 0 Å². The van der Waals surface area contributed by atoms with Gasteiger partial charge in [0.25, 0.3) is 0 Å². The summed E-state index contributed by atoms with van der Waals surface area (Å²) in [5.41, 5.74) is 1.27. The summed E-state index contributed by atoms with van der Waals surface area (Å²) in [5, 5.41) is 0. The minimum Gasteiger partial charge on any atom is -0.341 e. The minimum absolute atomic E-state index is 0.795. The van der Waals surface area contributed by atoms with E-state index >= 15 is 0 Å². The van der Waals surface area contributed by atoms with Crippen LogP contribution in [-0.4, -0.2) is 48.1 Å². The maximum absolute atomic E-state index is 4.64. The van der Waals surface area contributed by atoms with Gasteiger partial charge in [0.2, 0.25) is 5.95 Å². The van der Waals surface area contributed by atoms with E-state index in [1.807, 2.05) is 12.4 Å². The molecule has 0 saturated carbocycles. The van der Waals surface area contributed by atoms with Gasteiger partial charge in [-0.1, -0.05) is 27.7 Å². The average Bonchev–Trinajstić information content (AvgIpc) is 2.62. The number of aryl methyl sites for hydroxylation is 1. The Morgan fingerprint density at radius 2 is 1.65 bits per heavy atom. The number of piperidine rings is 1. The average molecular weight is 361 g/mol. The fourth-order valence-electron chi connectivity index (χ4n) is 3.84. The number of hydrogen-bond acceptors (Lipinski definition) is 4. The van der Waals surface area contributed by atoms with Crippen molar-refractivity contribution in [3.05, 3.63) is 18.0 Å². The van der Waals surface area contributed by atoms with Gasteiger partial charge < -0.3 is 9.80 Å². The zero-order valence-corrected chi connectivity index (χ0v) is 17.7. The summed E-state index contributed by atoms with van der Waals surface area (Å²) in [6, 6.07) is 0. The molecule has 0 N–H and O–H groups in total. The molecule has 0 spiro atoms. The minimum atomic E-state index is 0.795. The second-order valence-electron chi connectivity index (χ2n) is 8.90. The number of rotatable bonds is 10. The Kier molecular flexibility index (Phi) is 8.83. The van der Waals surface area contributed by atoms with Crippen LogP contribution in [0.4, 0.5) is 5.95 Å². The second-order valence-corrected chi connectivity index (χ2v) is 8.90. The summed E-state index contributed by atoms with van der Waals surface area (Å²) in [6.45, 7) is 13.8. The number of nitrogens with zero attached hydrogens (tertiary/aromatic N) is 4. The summed E-state index contributed by atoms with van der Waals surface area (Å²) in [4.78, 5) is 14.1. The Morgan fingerprint density at radius 3 is 2.23 bits per heavy atom. The summed E-state index contributed by atoms with van der Waals surface area (Å²) < 4.78 is 0. The molecule has 0 aromatic carbocycles. The third-order valence-electron chi connectivity index (χ3n) is 5.78. The van der Waals surface area contributed by atoms with Crippen molar-refractivity contribution in [1.29, 1.82) is 0 Å². The molecular weight excluding hydrogens is 320 g/mol. The van der Waals surface area contributed by atoms with Crippen LogP contribution in [0.3, 0.4) is 0 Å². The maximum Gasteiger partial charge on any atom is 0.225 e. The lowest BCUT2D eigenvalue weighted by molar-refractivity contribution is 0.310. The lowest BCUT2D eigenvalue weighted by Crippen LogP contribution is -2.36. The van der Waals surface area contributed by atoms with E-state index in [4.69, 9.17) is 0 Å². The number of aromatic nitrogens is 2. The first-order chi connectivity index (χ1) is 12.5. The van der Waals surface area contributed by atoms with Crippen LogP contribution < -0.4 is 4.90 Å². The van der Waals surface area contributed by atoms with Crippen molar-refractivity contribution >= 4 is 5.95 Å². The first-order valence-corrected chi connectivity index (χ1v) is 10.7. The van der Waals surface area contributed by atoms with Gasteiger partial charge >= 0.3 is 0 Å². The third kappa shape index (κ3) is 7.22. The normalized spacial score (nSPS) is 16.2. The molecule has 1 aliphatic rings. The molecule has 148 valence electrons. The van der Waals surface area contributed by atoms with Crippen molar-refractivity contribution < 1.29 is 0 Å². The Balaban J connectivity index is 1.68. The molecule has 0 radical (unpaired) electrons. The van der Waals surface area contributed by atoms with Crippen molar-refractivity contribution in [2.24, 2.45) is 17.8 Å². The molecule has 0 bridgehead atoms. The third-order valence-corrected chi connectivity index (χ3v) is 5.78. The lowest BCUT2D eigenvalue weighted by atomic mass is 9.87. The fraction of sp³-hybridized carbons (Fsp3) is 0.818. The van der Waals surface area contributed by atoms with Crippen molar-refractivity contribution in [1.82, 2.24) is 14.9 Å². The molecular formula is C22H40N4. The summed E-state index contributed by atoms with van der Waals surface area (Å²) in [5.74, 6) is 3.39. The topological polar surface area (TPSA) is 32.3 Å². The van der Waals surface area contributed by atoms with Crippen molar-refractivity contribution in [3.63, 3.8) is 0 Å². The van der Waals surface area contributed by atoms with Gasteiger partial charge in [0.15, 0.2) is 0 Å². The highest BCUT2D eigenvalue weighted by molar-refractivity contribution is 5.30. The van der Waals surface area contributed by atoms with Gasteiger partial charge in [0, 0.05) is 25.5 Å². The van der Waals surface area contributed by atoms with Crippen molar-refractivity contribution in [2.45, 2.75) is 66.2 Å². The molecule has 4 heteroatoms. The quantitative estimate of drug-likeness (QED) is 0.608. The monoisotopic (exact) mass is 360 g/mol. The van der Waals surface area contributed by atoms with E-state index in [0.29, 0.717) is 0 Å². The molecule has 2 heterocycles. The number of hydrogen-bond donors (Lipinski definition) is 0. The Hall–Kier alpha value is -1.16. The fourth-order valence-corrected chi connectivity index (χ4v) is 3.84. The van der Waals surface area contributed by atoms with E-state index in [2.05, 4.69) is 54.5 Å². The van der Waals surface area contributed by atoms with Crippen LogP contribution in [0.1, 0.15) is 65.4 Å². The molecule has 1 aliphatic heterocycles. The number of anilines is 1. The highest BCUT2D eigenvalue weighted by atomic mass is 15.2. The van der Waals surface area contributed by atoms with Crippen LogP contribution in [-0.2, 0) is 6.42 Å². The molecule has 0 atom stereocenters. The van der Waals surface area contributed by atoms with Crippen LogP contribution in [0, 0.1) is 17.8 Å². The van der Waals surface area contributed by atoms with Crippen LogP contribution in [0.15, 0.2) is 12.4 Å². The molecule has 4 nitrogen and oxygen atoms in total. The first kappa shape index (κ1) is 21.1. The van der Waals surface area contributed by atoms with Gasteiger partial charge in [-0.05, 0) is 82.0 Å². The molecule has 1 aromatic heterocycles. The molecule has 0 aliphatic carbocycles. The SMILES string of the molecule is CC(C)CCCN(C)CCCc1cnc(N2CCC(C(C)C)CC2)nc1. The molecule has 1 saturated heterocycles. The van der Waals surface area contributed by atoms with Crippen LogP contribution in [0.25, 0.3) is 0 Å². The van der Waals surface area contributed by atoms with Gasteiger partial charge in [-0.15, -0.1) is 0 Å². The zero-order valence-electron chi connectivity index (χ0n) is 17.7. The standard InChI is InChI=1S/C22H40N4/c1-18(2)8-6-12-25(5)13-7-9-20-16-23-22(24-17-20)26-14-10-21(11-15-26)19(3)4/h16-19,21H,6-15H2,1-5H3. The van der Waals surface area contributed by atoms with Gasteiger partial charge in [0.1, 0.15) is 0 Å². The molecule has 26 heavy (non-hydrogen) atoms. The van der Waals surface area contributed by atoms with Crippen LogP contribution in [0.5, 0.6) is 0 Å². The van der Waals surface area contributed by atoms with E-state index < -0.39 is 0 Å². The summed E-state index contributed by atoms with van der Waals surface area (Å²) in [6.07, 6.45) is 11.5. The van der Waals surface area contributed by atoms with E-state index in [1.165, 1.54) is 44.2 Å². The van der Waals surface area contributed by atoms with Gasteiger partial charge in [-0.3, -0.25) is 0 Å². The first-order valence-electron chi connectivity index (χ1n) is 10.7. The highest BCUT2D eigenvalue weighted by Gasteiger charge is 2.22. The van der Waals surface area contributed by atoms with Crippen molar-refractivity contribution in [3.8, 4) is 0 Å². The second kappa shape index (κ2) is 10.9. The predicted molar refractivity (Wildman–Crippen MR) is 112 cm³/mol. The molecule has 1 fully saturated rings. The molecule has 0 unspecified atom stereocenters. The van der Waals surface area contributed by atoms with Gasteiger partial charge in [-0.25, -0.2) is 9.97 Å².